The molecule has 4 rings (SSSR count). The van der Waals surface area contributed by atoms with Gasteiger partial charge in [0, 0.05) is 16.6 Å². The lowest BCUT2D eigenvalue weighted by Crippen LogP contribution is -2.34. The highest BCUT2D eigenvalue weighted by Crippen LogP contribution is 2.40. The van der Waals surface area contributed by atoms with Crippen molar-refractivity contribution in [1.29, 1.82) is 5.26 Å². The number of ketones is 1. The molecular formula is C23H22N2O3S. The van der Waals surface area contributed by atoms with Crippen LogP contribution in [0.4, 0.5) is 0 Å². The molecule has 0 aliphatic heterocycles. The standard InChI is InChI=1S/C23H22N2O3S/c1-29(27,28)25-19-12-6-5-11-18(19)21-20(25)13-7-8-14-23(16-24,22(21)26)15-17-9-3-2-4-10-17/h2-6,9-12H,7-8,13-15H2,1H3/t23-/m1/s1. The van der Waals surface area contributed by atoms with Crippen LogP contribution in [0.2, 0.25) is 0 Å². The van der Waals surface area contributed by atoms with E-state index in [9.17, 15) is 18.5 Å². The Morgan fingerprint density at radius 1 is 1.07 bits per heavy atom. The highest BCUT2D eigenvalue weighted by molar-refractivity contribution is 7.89. The molecule has 5 nitrogen and oxygen atoms in total. The first kappa shape index (κ1) is 19.4. The fourth-order valence-electron chi connectivity index (χ4n) is 4.45. The lowest BCUT2D eigenvalue weighted by Gasteiger charge is -2.28. The number of Topliss-reactive ketones (excluding diaryl/α,β-unsaturated/α-hetero) is 1. The smallest absolute Gasteiger partial charge is 0.236 e. The van der Waals surface area contributed by atoms with Crippen molar-refractivity contribution in [2.24, 2.45) is 5.41 Å². The number of fused-ring (bicyclic) bond motifs is 3. The van der Waals surface area contributed by atoms with Gasteiger partial charge in [0.05, 0.1) is 17.8 Å². The van der Waals surface area contributed by atoms with Crippen molar-refractivity contribution in [3.05, 3.63) is 71.4 Å². The van der Waals surface area contributed by atoms with Crippen LogP contribution in [0.3, 0.4) is 0 Å². The minimum absolute atomic E-state index is 0.267. The Bertz CT molecular complexity index is 1240. The third-order valence-electron chi connectivity index (χ3n) is 5.75. The second-order valence-electron chi connectivity index (χ2n) is 7.76. The van der Waals surface area contributed by atoms with Gasteiger partial charge in [0.1, 0.15) is 5.41 Å². The summed E-state index contributed by atoms with van der Waals surface area (Å²) in [5.74, 6) is -0.267. The lowest BCUT2D eigenvalue weighted by atomic mass is 9.71. The number of nitrogens with zero attached hydrogens (tertiary/aromatic N) is 2. The van der Waals surface area contributed by atoms with Crippen LogP contribution in [0.1, 0.15) is 40.9 Å². The molecule has 148 valence electrons. The van der Waals surface area contributed by atoms with E-state index in [1.807, 2.05) is 30.3 Å². The van der Waals surface area contributed by atoms with Crippen LogP contribution >= 0.6 is 0 Å². The molecule has 29 heavy (non-hydrogen) atoms. The number of nitriles is 1. The van der Waals surface area contributed by atoms with E-state index in [2.05, 4.69) is 6.07 Å². The van der Waals surface area contributed by atoms with E-state index in [0.29, 0.717) is 47.8 Å². The number of para-hydroxylation sites is 1. The van der Waals surface area contributed by atoms with Crippen LogP contribution in [-0.4, -0.2) is 24.4 Å². The van der Waals surface area contributed by atoms with Gasteiger partial charge in [0.2, 0.25) is 10.0 Å². The van der Waals surface area contributed by atoms with Crippen molar-refractivity contribution in [2.45, 2.75) is 32.1 Å². The number of carbonyl (C=O) groups is 1. The van der Waals surface area contributed by atoms with Gasteiger partial charge in [-0.3, -0.25) is 4.79 Å². The molecule has 2 aromatic carbocycles. The van der Waals surface area contributed by atoms with Gasteiger partial charge in [-0.2, -0.15) is 5.26 Å². The molecule has 0 amide bonds. The monoisotopic (exact) mass is 406 g/mol. The Kier molecular flexibility index (Phi) is 4.79. The summed E-state index contributed by atoms with van der Waals surface area (Å²) in [7, 11) is -3.60. The lowest BCUT2D eigenvalue weighted by molar-refractivity contribution is 0.0842. The SMILES string of the molecule is CS(=O)(=O)n1c2c(c3ccccc31)C(=O)[C@@](C#N)(Cc1ccccc1)CCCC2. The maximum absolute atomic E-state index is 13.9. The van der Waals surface area contributed by atoms with Crippen molar-refractivity contribution < 1.29 is 13.2 Å². The van der Waals surface area contributed by atoms with E-state index in [-0.39, 0.29) is 5.78 Å². The summed E-state index contributed by atoms with van der Waals surface area (Å²) in [5, 5.41) is 10.8. The molecule has 0 unspecified atom stereocenters. The van der Waals surface area contributed by atoms with Crippen LogP contribution in [0.25, 0.3) is 10.9 Å². The number of hydrogen-bond donors (Lipinski definition) is 0. The Morgan fingerprint density at radius 2 is 1.76 bits per heavy atom. The molecule has 0 saturated carbocycles. The van der Waals surface area contributed by atoms with Gasteiger partial charge in [0.25, 0.3) is 0 Å². The van der Waals surface area contributed by atoms with E-state index >= 15 is 0 Å². The normalized spacial score (nSPS) is 19.9. The molecule has 1 aliphatic rings. The molecule has 1 heterocycles. The van der Waals surface area contributed by atoms with Crippen LogP contribution in [0, 0.1) is 16.7 Å². The first-order valence-electron chi connectivity index (χ1n) is 9.70. The number of rotatable bonds is 3. The van der Waals surface area contributed by atoms with Crippen molar-refractivity contribution >= 4 is 26.7 Å². The summed E-state index contributed by atoms with van der Waals surface area (Å²) in [4.78, 5) is 13.9. The van der Waals surface area contributed by atoms with Crippen molar-refractivity contribution in [3.8, 4) is 6.07 Å². The molecule has 1 aromatic heterocycles. The Hall–Kier alpha value is -2.91. The number of benzene rings is 2. The van der Waals surface area contributed by atoms with Gasteiger partial charge in [-0.05, 0) is 37.3 Å². The molecule has 0 spiro atoms. The largest absolute Gasteiger partial charge is 0.292 e. The van der Waals surface area contributed by atoms with Gasteiger partial charge in [0.15, 0.2) is 5.78 Å². The maximum Gasteiger partial charge on any atom is 0.236 e. The van der Waals surface area contributed by atoms with Gasteiger partial charge in [-0.1, -0.05) is 55.0 Å². The molecular weight excluding hydrogens is 384 g/mol. The molecule has 1 atom stereocenters. The Morgan fingerprint density at radius 3 is 2.45 bits per heavy atom. The Labute approximate surface area is 170 Å². The van der Waals surface area contributed by atoms with Crippen molar-refractivity contribution in [2.75, 3.05) is 6.26 Å². The summed E-state index contributed by atoms with van der Waals surface area (Å²) >= 11 is 0. The third kappa shape index (κ3) is 3.26. The fraction of sp³-hybridized carbons (Fsp3) is 0.304. The van der Waals surface area contributed by atoms with Crippen LogP contribution in [0.15, 0.2) is 54.6 Å². The maximum atomic E-state index is 13.9. The van der Waals surface area contributed by atoms with E-state index < -0.39 is 15.4 Å². The van der Waals surface area contributed by atoms with Gasteiger partial charge >= 0.3 is 0 Å². The highest BCUT2D eigenvalue weighted by atomic mass is 32.2. The van der Waals surface area contributed by atoms with Crippen LogP contribution < -0.4 is 0 Å². The second kappa shape index (κ2) is 7.16. The number of carbonyl (C=O) groups excluding carboxylic acids is 1. The number of aromatic nitrogens is 1. The molecule has 0 fully saturated rings. The summed E-state index contributed by atoms with van der Waals surface area (Å²) in [6.07, 6.45) is 3.86. The van der Waals surface area contributed by atoms with Crippen molar-refractivity contribution in [3.63, 3.8) is 0 Å². The zero-order chi connectivity index (χ0) is 20.6. The average Bonchev–Trinajstić information content (AvgIpc) is 3.03. The van der Waals surface area contributed by atoms with E-state index in [1.165, 1.54) is 3.97 Å². The van der Waals surface area contributed by atoms with Crippen LogP contribution in [0.5, 0.6) is 0 Å². The predicted octanol–water partition coefficient (Wildman–Crippen LogP) is 4.11. The minimum Gasteiger partial charge on any atom is -0.292 e. The highest BCUT2D eigenvalue weighted by Gasteiger charge is 2.43. The molecule has 1 aliphatic carbocycles. The fourth-order valence-corrected chi connectivity index (χ4v) is 5.55. The van der Waals surface area contributed by atoms with Gasteiger partial charge < -0.3 is 0 Å². The predicted molar refractivity (Wildman–Crippen MR) is 112 cm³/mol. The average molecular weight is 407 g/mol. The number of hydrogen-bond acceptors (Lipinski definition) is 4. The topological polar surface area (TPSA) is 79.9 Å². The quantitative estimate of drug-likeness (QED) is 0.656. The van der Waals surface area contributed by atoms with E-state index in [0.717, 1.165) is 18.2 Å². The second-order valence-corrected chi connectivity index (χ2v) is 9.59. The zero-order valence-corrected chi connectivity index (χ0v) is 17.1. The Balaban J connectivity index is 1.98. The molecule has 3 aromatic rings. The third-order valence-corrected chi connectivity index (χ3v) is 6.83. The van der Waals surface area contributed by atoms with E-state index in [4.69, 9.17) is 0 Å². The minimum atomic E-state index is -3.60. The van der Waals surface area contributed by atoms with Crippen LogP contribution in [-0.2, 0) is 22.9 Å². The van der Waals surface area contributed by atoms with E-state index in [1.54, 1.807) is 24.3 Å². The summed E-state index contributed by atoms with van der Waals surface area (Å²) in [5.41, 5.74) is 1.12. The van der Waals surface area contributed by atoms with Gasteiger partial charge in [-0.25, -0.2) is 12.4 Å². The van der Waals surface area contributed by atoms with Gasteiger partial charge in [-0.15, -0.1) is 0 Å². The summed E-state index contributed by atoms with van der Waals surface area (Å²) in [6.45, 7) is 0. The summed E-state index contributed by atoms with van der Waals surface area (Å²) < 4.78 is 26.5. The summed E-state index contributed by atoms with van der Waals surface area (Å²) in [6, 6.07) is 18.9. The molecule has 6 heteroatoms. The first-order valence-corrected chi connectivity index (χ1v) is 11.5. The molecule has 0 N–H and O–H groups in total. The first-order chi connectivity index (χ1) is 13.9. The molecule has 0 saturated heterocycles. The van der Waals surface area contributed by atoms with Crippen molar-refractivity contribution in [1.82, 2.24) is 3.97 Å². The molecule has 0 radical (unpaired) electrons. The molecule has 0 bridgehead atoms. The zero-order valence-electron chi connectivity index (χ0n) is 16.3.